The van der Waals surface area contributed by atoms with E-state index >= 15 is 0 Å². The van der Waals surface area contributed by atoms with Crippen LogP contribution in [0.3, 0.4) is 0 Å². The molecule has 0 saturated heterocycles. The van der Waals surface area contributed by atoms with E-state index < -0.39 is 23.5 Å². The van der Waals surface area contributed by atoms with E-state index in [0.29, 0.717) is 11.5 Å². The van der Waals surface area contributed by atoms with E-state index in [9.17, 15) is 14.4 Å². The summed E-state index contributed by atoms with van der Waals surface area (Å²) in [6, 6.07) is 15.5. The van der Waals surface area contributed by atoms with Crippen LogP contribution in [0.1, 0.15) is 23.7 Å². The van der Waals surface area contributed by atoms with Crippen LogP contribution in [-0.4, -0.2) is 22.6 Å². The molecule has 0 fully saturated rings. The van der Waals surface area contributed by atoms with Gasteiger partial charge in [-0.15, -0.1) is 0 Å². The zero-order chi connectivity index (χ0) is 16.8. The van der Waals surface area contributed by atoms with Crippen LogP contribution in [0.25, 0.3) is 0 Å². The molecule has 118 valence electrons. The summed E-state index contributed by atoms with van der Waals surface area (Å²) in [5.41, 5.74) is 0.254. The number of hydrogen-bond acceptors (Lipinski definition) is 4. The number of para-hydroxylation sites is 2. The number of Topliss-reactive ketones (excluding diaryl/α,β-unsaturated/α-hetero) is 2. The van der Waals surface area contributed by atoms with Crippen LogP contribution in [0, 0.1) is 5.92 Å². The highest BCUT2D eigenvalue weighted by atomic mass is 16.5. The van der Waals surface area contributed by atoms with Gasteiger partial charge in [0.05, 0.1) is 5.56 Å². The van der Waals surface area contributed by atoms with Crippen molar-refractivity contribution in [2.45, 2.75) is 13.3 Å². The van der Waals surface area contributed by atoms with Crippen molar-refractivity contribution in [3.8, 4) is 11.5 Å². The zero-order valence-electron chi connectivity index (χ0n) is 12.6. The second-order valence-corrected chi connectivity index (χ2v) is 5.04. The Morgan fingerprint density at radius 1 is 1.00 bits per heavy atom. The van der Waals surface area contributed by atoms with Crippen molar-refractivity contribution in [3.05, 3.63) is 60.2 Å². The monoisotopic (exact) mass is 312 g/mol. The van der Waals surface area contributed by atoms with Gasteiger partial charge in [-0.05, 0) is 31.2 Å². The molecule has 0 heterocycles. The Bertz CT molecular complexity index is 707. The molecule has 2 rings (SSSR count). The number of rotatable bonds is 7. The number of ketones is 2. The van der Waals surface area contributed by atoms with E-state index in [4.69, 9.17) is 9.84 Å². The molecular formula is C18H16O5. The average molecular weight is 312 g/mol. The molecule has 0 bridgehead atoms. The van der Waals surface area contributed by atoms with Crippen LogP contribution in [0.15, 0.2) is 54.6 Å². The normalized spacial score (nSPS) is 11.5. The maximum absolute atomic E-state index is 12.4. The van der Waals surface area contributed by atoms with Crippen molar-refractivity contribution < 1.29 is 24.2 Å². The van der Waals surface area contributed by atoms with Crippen molar-refractivity contribution in [2.75, 3.05) is 0 Å². The predicted molar refractivity (Wildman–Crippen MR) is 83.7 cm³/mol. The van der Waals surface area contributed by atoms with E-state index in [1.807, 2.05) is 6.07 Å². The molecule has 0 aromatic heterocycles. The van der Waals surface area contributed by atoms with Crippen LogP contribution < -0.4 is 4.74 Å². The van der Waals surface area contributed by atoms with Gasteiger partial charge in [0.1, 0.15) is 23.2 Å². The predicted octanol–water partition coefficient (Wildman–Crippen LogP) is 3.34. The summed E-state index contributed by atoms with van der Waals surface area (Å²) >= 11 is 0. The Balaban J connectivity index is 2.24. The maximum atomic E-state index is 12.4. The van der Waals surface area contributed by atoms with Crippen LogP contribution in [0.2, 0.25) is 0 Å². The minimum Gasteiger partial charge on any atom is -0.481 e. The third-order valence-corrected chi connectivity index (χ3v) is 3.34. The second kappa shape index (κ2) is 7.35. The van der Waals surface area contributed by atoms with Crippen LogP contribution >= 0.6 is 0 Å². The molecule has 0 spiro atoms. The fourth-order valence-electron chi connectivity index (χ4n) is 2.10. The highest BCUT2D eigenvalue weighted by molar-refractivity contribution is 6.06. The lowest BCUT2D eigenvalue weighted by Gasteiger charge is -2.12. The van der Waals surface area contributed by atoms with Crippen LogP contribution in [0.4, 0.5) is 0 Å². The molecule has 1 N–H and O–H groups in total. The van der Waals surface area contributed by atoms with Gasteiger partial charge in [0.15, 0.2) is 5.78 Å². The lowest BCUT2D eigenvalue weighted by Crippen LogP contribution is -2.24. The van der Waals surface area contributed by atoms with Gasteiger partial charge in [-0.1, -0.05) is 30.3 Å². The zero-order valence-corrected chi connectivity index (χ0v) is 12.6. The lowest BCUT2D eigenvalue weighted by molar-refractivity contribution is -0.145. The van der Waals surface area contributed by atoms with Crippen molar-refractivity contribution in [1.29, 1.82) is 0 Å². The molecule has 0 saturated carbocycles. The molecule has 0 amide bonds. The van der Waals surface area contributed by atoms with Crippen molar-refractivity contribution >= 4 is 17.5 Å². The molecule has 1 atom stereocenters. The summed E-state index contributed by atoms with van der Waals surface area (Å²) in [5, 5.41) is 9.04. The Hall–Kier alpha value is -2.95. The molecule has 2 aromatic carbocycles. The topological polar surface area (TPSA) is 80.7 Å². The summed E-state index contributed by atoms with van der Waals surface area (Å²) in [6.45, 7) is 1.17. The Morgan fingerprint density at radius 3 is 2.22 bits per heavy atom. The summed E-state index contributed by atoms with van der Waals surface area (Å²) in [4.78, 5) is 34.8. The standard InChI is InChI=1S/C18H16O5/c1-12(19)15(18(21)22)11-16(20)14-9-5-6-10-17(14)23-13-7-3-2-4-8-13/h2-10,15H,11H2,1H3,(H,21,22). The van der Waals surface area contributed by atoms with E-state index in [-0.39, 0.29) is 12.0 Å². The van der Waals surface area contributed by atoms with Crippen molar-refractivity contribution in [3.63, 3.8) is 0 Å². The van der Waals surface area contributed by atoms with E-state index in [0.717, 1.165) is 0 Å². The number of ether oxygens (including phenoxy) is 1. The first-order valence-corrected chi connectivity index (χ1v) is 7.07. The molecule has 0 aliphatic carbocycles. The summed E-state index contributed by atoms with van der Waals surface area (Å²) in [6.07, 6.45) is -0.389. The minimum atomic E-state index is -1.34. The number of benzene rings is 2. The summed E-state index contributed by atoms with van der Waals surface area (Å²) in [5.74, 6) is -2.74. The largest absolute Gasteiger partial charge is 0.481 e. The first-order valence-electron chi connectivity index (χ1n) is 7.07. The summed E-state index contributed by atoms with van der Waals surface area (Å²) in [7, 11) is 0. The van der Waals surface area contributed by atoms with Gasteiger partial charge in [0, 0.05) is 6.42 Å². The number of hydrogen-bond donors (Lipinski definition) is 1. The highest BCUT2D eigenvalue weighted by Crippen LogP contribution is 2.27. The smallest absolute Gasteiger partial charge is 0.314 e. The van der Waals surface area contributed by atoms with E-state index in [1.54, 1.807) is 48.5 Å². The molecule has 5 heteroatoms. The van der Waals surface area contributed by atoms with E-state index in [2.05, 4.69) is 0 Å². The fourth-order valence-corrected chi connectivity index (χ4v) is 2.10. The van der Waals surface area contributed by atoms with Gasteiger partial charge in [0.25, 0.3) is 0 Å². The first-order chi connectivity index (χ1) is 11.0. The molecule has 5 nitrogen and oxygen atoms in total. The quantitative estimate of drug-likeness (QED) is 0.626. The minimum absolute atomic E-state index is 0.254. The molecule has 1 unspecified atom stereocenters. The SMILES string of the molecule is CC(=O)C(CC(=O)c1ccccc1Oc1ccccc1)C(=O)O. The first kappa shape index (κ1) is 16.4. The molecule has 0 radical (unpaired) electrons. The number of carboxylic acid groups (broad SMARTS) is 1. The molecule has 2 aromatic rings. The van der Waals surface area contributed by atoms with Crippen LogP contribution in [-0.2, 0) is 9.59 Å². The molecule has 0 aliphatic heterocycles. The van der Waals surface area contributed by atoms with Crippen LogP contribution in [0.5, 0.6) is 11.5 Å². The third-order valence-electron chi connectivity index (χ3n) is 3.34. The molecular weight excluding hydrogens is 296 g/mol. The van der Waals surface area contributed by atoms with Gasteiger partial charge < -0.3 is 9.84 Å². The molecule has 23 heavy (non-hydrogen) atoms. The van der Waals surface area contributed by atoms with Gasteiger partial charge in [-0.3, -0.25) is 14.4 Å². The number of aliphatic carboxylic acids is 1. The van der Waals surface area contributed by atoms with Gasteiger partial charge in [0.2, 0.25) is 0 Å². The highest BCUT2D eigenvalue weighted by Gasteiger charge is 2.27. The van der Waals surface area contributed by atoms with E-state index in [1.165, 1.54) is 6.92 Å². The second-order valence-electron chi connectivity index (χ2n) is 5.04. The third kappa shape index (κ3) is 4.26. The number of carbonyl (C=O) groups excluding carboxylic acids is 2. The summed E-state index contributed by atoms with van der Waals surface area (Å²) < 4.78 is 5.68. The number of carboxylic acids is 1. The number of carbonyl (C=O) groups is 3. The fraction of sp³-hybridized carbons (Fsp3) is 0.167. The molecule has 0 aliphatic rings. The Kier molecular flexibility index (Phi) is 5.25. The van der Waals surface area contributed by atoms with Gasteiger partial charge in [-0.2, -0.15) is 0 Å². The van der Waals surface area contributed by atoms with Gasteiger partial charge >= 0.3 is 5.97 Å². The lowest BCUT2D eigenvalue weighted by atomic mass is 9.95. The maximum Gasteiger partial charge on any atom is 0.314 e. The van der Waals surface area contributed by atoms with Gasteiger partial charge in [-0.25, -0.2) is 0 Å². The Morgan fingerprint density at radius 2 is 1.61 bits per heavy atom. The van der Waals surface area contributed by atoms with Crippen molar-refractivity contribution in [1.82, 2.24) is 0 Å². The average Bonchev–Trinajstić information content (AvgIpc) is 2.53. The Labute approximate surface area is 133 Å². The van der Waals surface area contributed by atoms with Crippen molar-refractivity contribution in [2.24, 2.45) is 5.92 Å².